The maximum absolute atomic E-state index is 11.7. The van der Waals surface area contributed by atoms with Crippen LogP contribution in [-0.2, 0) is 26.2 Å². The molecule has 1 aliphatic heterocycles. The van der Waals surface area contributed by atoms with Crippen molar-refractivity contribution in [2.24, 2.45) is 0 Å². The molecule has 0 unspecified atom stereocenters. The number of fused-ring (bicyclic) bond motifs is 1. The summed E-state index contributed by atoms with van der Waals surface area (Å²) < 4.78 is 38.5. The summed E-state index contributed by atoms with van der Waals surface area (Å²) in [6, 6.07) is 37.6. The molecule has 7 nitrogen and oxygen atoms in total. The van der Waals surface area contributed by atoms with Crippen LogP contribution in [0.15, 0.2) is 115 Å². The van der Waals surface area contributed by atoms with E-state index in [1.165, 1.54) is 0 Å². The Morgan fingerprint density at radius 1 is 0.588 bits per heavy atom. The highest BCUT2D eigenvalue weighted by Gasteiger charge is 2.34. The van der Waals surface area contributed by atoms with Gasteiger partial charge in [0.25, 0.3) is 0 Å². The van der Waals surface area contributed by atoms with Gasteiger partial charge in [-0.05, 0) is 41.7 Å². The smallest absolute Gasteiger partial charge is 0.203 e. The van der Waals surface area contributed by atoms with Crippen LogP contribution in [0.5, 0.6) is 34.5 Å². The number of ether oxygens (including phenoxy) is 6. The first-order valence-corrected chi connectivity index (χ1v) is 18.1. The summed E-state index contributed by atoms with van der Waals surface area (Å²) in [5.41, 5.74) is 4.58. The number of hydrogen-bond acceptors (Lipinski definition) is 7. The average molecular weight is 689 g/mol. The summed E-state index contributed by atoms with van der Waals surface area (Å²) >= 11 is 0. The first-order valence-electron chi connectivity index (χ1n) is 18.1. The molecule has 5 aromatic rings. The molecule has 6 rings (SSSR count). The van der Waals surface area contributed by atoms with Gasteiger partial charge in [0.2, 0.25) is 5.75 Å². The third-order valence-corrected chi connectivity index (χ3v) is 8.75. The summed E-state index contributed by atoms with van der Waals surface area (Å²) in [4.78, 5) is 0. The third kappa shape index (κ3) is 9.77. The van der Waals surface area contributed by atoms with Gasteiger partial charge < -0.3 is 33.5 Å². The lowest BCUT2D eigenvalue weighted by molar-refractivity contribution is 0.0191. The van der Waals surface area contributed by atoms with Gasteiger partial charge in [-0.15, -0.1) is 0 Å². The molecular formula is C44H48O7. The lowest BCUT2D eigenvalue weighted by Gasteiger charge is -2.33. The molecule has 0 radical (unpaired) electrons. The van der Waals surface area contributed by atoms with Crippen LogP contribution in [0, 0.1) is 0 Å². The number of aliphatic hydroxyl groups excluding tert-OH is 1. The van der Waals surface area contributed by atoms with Crippen LogP contribution < -0.4 is 28.4 Å². The Labute approximate surface area is 301 Å². The summed E-state index contributed by atoms with van der Waals surface area (Å²) in [6.07, 6.45) is 2.70. The molecule has 0 spiro atoms. The summed E-state index contributed by atoms with van der Waals surface area (Å²) in [5.74, 6) is 3.49. The molecular weight excluding hydrogens is 640 g/mol. The maximum Gasteiger partial charge on any atom is 0.203 e. The molecule has 51 heavy (non-hydrogen) atoms. The van der Waals surface area contributed by atoms with Gasteiger partial charge in [-0.25, -0.2) is 0 Å². The molecule has 1 aliphatic rings. The van der Waals surface area contributed by atoms with Gasteiger partial charge in [-0.2, -0.15) is 0 Å². The Bertz CT molecular complexity index is 1730. The minimum Gasteiger partial charge on any atom is -0.493 e. The first-order chi connectivity index (χ1) is 25.1. The molecule has 0 bridgehead atoms. The number of unbranched alkanes of at least 4 members (excludes halogenated alkanes) is 2. The van der Waals surface area contributed by atoms with Crippen LogP contribution in [0.3, 0.4) is 0 Å². The molecule has 0 saturated heterocycles. The van der Waals surface area contributed by atoms with Crippen LogP contribution in [0.25, 0.3) is 0 Å². The van der Waals surface area contributed by atoms with Gasteiger partial charge in [0.15, 0.2) is 17.6 Å². The van der Waals surface area contributed by atoms with Gasteiger partial charge in [0.1, 0.15) is 37.1 Å². The van der Waals surface area contributed by atoms with E-state index in [1.54, 1.807) is 0 Å². The molecule has 0 aromatic heterocycles. The molecule has 1 heterocycles. The standard InChI is InChI=1S/C44H48O7/c1-3-5-22-46-36-26-39(47-23-6-4-2)37-28-38(45)43(51-40(37)27-36)35-24-41(48-29-32-16-10-7-11-17-32)44(50-31-34-20-14-9-15-21-34)42(25-35)49-30-33-18-12-8-13-19-33/h7-21,24-27,38,43,45H,3-6,22-23,28-31H2,1-2H3/t38-,43+/m1/s1. The Hall–Kier alpha value is -5.14. The van der Waals surface area contributed by atoms with Crippen molar-refractivity contribution >= 4 is 0 Å². The van der Waals surface area contributed by atoms with E-state index < -0.39 is 12.2 Å². The molecule has 2 atom stereocenters. The van der Waals surface area contributed by atoms with Crippen LogP contribution >= 0.6 is 0 Å². The second-order valence-electron chi connectivity index (χ2n) is 12.8. The number of benzene rings is 5. The molecule has 0 aliphatic carbocycles. The van der Waals surface area contributed by atoms with E-state index in [0.29, 0.717) is 79.5 Å². The van der Waals surface area contributed by atoms with Gasteiger partial charge in [-0.1, -0.05) is 118 Å². The van der Waals surface area contributed by atoms with Gasteiger partial charge >= 0.3 is 0 Å². The monoisotopic (exact) mass is 688 g/mol. The fraction of sp³-hybridized carbons (Fsp3) is 0.318. The highest BCUT2D eigenvalue weighted by atomic mass is 16.5. The van der Waals surface area contributed by atoms with Crippen LogP contribution in [-0.4, -0.2) is 24.4 Å². The SMILES string of the molecule is CCCCOc1cc(OCCCC)c2c(c1)O[C@@H](c1cc(OCc3ccccc3)c(OCc3ccccc3)c(OCc3ccccc3)c1)[C@H](O)C2. The van der Waals surface area contributed by atoms with E-state index >= 15 is 0 Å². The summed E-state index contributed by atoms with van der Waals surface area (Å²) in [5, 5.41) is 11.7. The predicted octanol–water partition coefficient (Wildman–Crippen LogP) is 9.82. The van der Waals surface area contributed by atoms with Crippen LogP contribution in [0.4, 0.5) is 0 Å². The Balaban J connectivity index is 1.37. The predicted molar refractivity (Wildman–Crippen MR) is 199 cm³/mol. The van der Waals surface area contributed by atoms with E-state index in [9.17, 15) is 5.11 Å². The van der Waals surface area contributed by atoms with Crippen molar-refractivity contribution in [1.29, 1.82) is 0 Å². The molecule has 266 valence electrons. The Morgan fingerprint density at radius 2 is 1.10 bits per heavy atom. The van der Waals surface area contributed by atoms with Gasteiger partial charge in [-0.3, -0.25) is 0 Å². The van der Waals surface area contributed by atoms with Crippen molar-refractivity contribution in [1.82, 2.24) is 0 Å². The second kappa shape index (κ2) is 18.2. The highest BCUT2D eigenvalue weighted by molar-refractivity contribution is 5.57. The third-order valence-electron chi connectivity index (χ3n) is 8.75. The first kappa shape index (κ1) is 35.7. The largest absolute Gasteiger partial charge is 0.493 e. The van der Waals surface area contributed by atoms with E-state index in [0.717, 1.165) is 47.9 Å². The van der Waals surface area contributed by atoms with E-state index in [-0.39, 0.29) is 0 Å². The number of aliphatic hydroxyl groups is 1. The average Bonchev–Trinajstić information content (AvgIpc) is 3.17. The van der Waals surface area contributed by atoms with Crippen molar-refractivity contribution in [3.63, 3.8) is 0 Å². The zero-order valence-corrected chi connectivity index (χ0v) is 29.6. The second-order valence-corrected chi connectivity index (χ2v) is 12.8. The molecule has 7 heteroatoms. The highest BCUT2D eigenvalue weighted by Crippen LogP contribution is 2.47. The fourth-order valence-corrected chi connectivity index (χ4v) is 5.91. The van der Waals surface area contributed by atoms with Gasteiger partial charge in [0, 0.05) is 29.7 Å². The zero-order chi connectivity index (χ0) is 35.3. The fourth-order valence-electron chi connectivity index (χ4n) is 5.91. The lowest BCUT2D eigenvalue weighted by Crippen LogP contribution is -2.31. The van der Waals surface area contributed by atoms with Crippen molar-refractivity contribution in [2.45, 2.75) is 78.0 Å². The minimum atomic E-state index is -0.863. The van der Waals surface area contributed by atoms with Crippen molar-refractivity contribution in [3.8, 4) is 34.5 Å². The summed E-state index contributed by atoms with van der Waals surface area (Å²) in [7, 11) is 0. The quantitative estimate of drug-likeness (QED) is 0.0919. The van der Waals surface area contributed by atoms with Gasteiger partial charge in [0.05, 0.1) is 19.3 Å². The van der Waals surface area contributed by atoms with E-state index in [2.05, 4.69) is 13.8 Å². The zero-order valence-electron chi connectivity index (χ0n) is 29.6. The van der Waals surface area contributed by atoms with Crippen LogP contribution in [0.1, 0.15) is 73.5 Å². The minimum absolute atomic E-state index is 0.317. The number of rotatable bonds is 18. The van der Waals surface area contributed by atoms with Crippen molar-refractivity contribution in [3.05, 3.63) is 143 Å². The normalized spacial score (nSPS) is 15.0. The Kier molecular flexibility index (Phi) is 12.7. The molecule has 5 aromatic carbocycles. The number of hydrogen-bond donors (Lipinski definition) is 1. The molecule has 0 fully saturated rings. The molecule has 0 saturated carbocycles. The lowest BCUT2D eigenvalue weighted by atomic mass is 9.93. The molecule has 1 N–H and O–H groups in total. The van der Waals surface area contributed by atoms with E-state index in [4.69, 9.17) is 28.4 Å². The van der Waals surface area contributed by atoms with Crippen molar-refractivity contribution in [2.75, 3.05) is 13.2 Å². The molecule has 0 amide bonds. The maximum atomic E-state index is 11.7. The van der Waals surface area contributed by atoms with Crippen molar-refractivity contribution < 1.29 is 33.5 Å². The Morgan fingerprint density at radius 3 is 1.63 bits per heavy atom. The summed E-state index contributed by atoms with van der Waals surface area (Å²) in [6.45, 7) is 6.41. The van der Waals surface area contributed by atoms with Crippen LogP contribution in [0.2, 0.25) is 0 Å². The van der Waals surface area contributed by atoms with E-state index in [1.807, 2.05) is 115 Å². The topological polar surface area (TPSA) is 75.6 Å².